The van der Waals surface area contributed by atoms with Crippen LogP contribution < -0.4 is 0 Å². The van der Waals surface area contributed by atoms with Gasteiger partial charge in [0, 0.05) is 0 Å². The zero-order valence-electron chi connectivity index (χ0n) is 17.5. The molecule has 0 aliphatic heterocycles. The van der Waals surface area contributed by atoms with Gasteiger partial charge in [-0.05, 0) is 57.2 Å². The van der Waals surface area contributed by atoms with Crippen molar-refractivity contribution in [2.24, 2.45) is 5.92 Å². The van der Waals surface area contributed by atoms with Gasteiger partial charge in [0.25, 0.3) is 0 Å². The lowest BCUT2D eigenvalue weighted by molar-refractivity contribution is -0.148. The molecule has 1 atom stereocenters. The van der Waals surface area contributed by atoms with E-state index in [4.69, 9.17) is 17.0 Å². The lowest BCUT2D eigenvalue weighted by Gasteiger charge is -2.13. The van der Waals surface area contributed by atoms with Crippen molar-refractivity contribution in [1.82, 2.24) is 0 Å². The van der Waals surface area contributed by atoms with Crippen molar-refractivity contribution >= 4 is 23.6 Å². The van der Waals surface area contributed by atoms with Crippen LogP contribution in [0.1, 0.15) is 90.9 Å². The number of hydrogen-bond acceptors (Lipinski definition) is 3. The third kappa shape index (κ3) is 17.9. The van der Waals surface area contributed by atoms with E-state index in [-0.39, 0.29) is 11.9 Å². The van der Waals surface area contributed by atoms with E-state index in [0.29, 0.717) is 13.0 Å². The Bertz CT molecular complexity index is 438. The molecule has 154 valence electrons. The molecule has 0 fully saturated rings. The molecule has 0 saturated carbocycles. The Morgan fingerprint density at radius 3 is 2.07 bits per heavy atom. The molecular formula is C24H40O2S. The van der Waals surface area contributed by atoms with E-state index >= 15 is 0 Å². The largest absolute Gasteiger partial charge is 0.466 e. The highest BCUT2D eigenvalue weighted by Gasteiger charge is 2.17. The van der Waals surface area contributed by atoms with Gasteiger partial charge >= 0.3 is 5.97 Å². The second kappa shape index (κ2) is 21.1. The summed E-state index contributed by atoms with van der Waals surface area (Å²) in [4.78, 5) is 11.8. The summed E-state index contributed by atoms with van der Waals surface area (Å²) in [6.45, 7) is 4.46. The fourth-order valence-electron chi connectivity index (χ4n) is 2.89. The van der Waals surface area contributed by atoms with Gasteiger partial charge in [0.2, 0.25) is 0 Å². The van der Waals surface area contributed by atoms with Crippen LogP contribution in [-0.2, 0) is 9.53 Å². The first-order valence-electron chi connectivity index (χ1n) is 10.8. The Kier molecular flexibility index (Phi) is 20.1. The number of carbonyl (C=O) groups excluding carboxylic acids is 1. The van der Waals surface area contributed by atoms with Gasteiger partial charge in [-0.2, -0.15) is 0 Å². The van der Waals surface area contributed by atoms with Crippen molar-refractivity contribution in [1.29, 1.82) is 0 Å². The standard InChI is InChI=1S/C24H40O2S/c1-3-5-6-7-8-9-10-11-12-13-14-15-16-17-18-19-20-23(21-22-27)24(25)26-4-2/h5-6,8-9,11-12,22-23H,3-4,7,10,13-21H2,1-2H3. The van der Waals surface area contributed by atoms with Crippen LogP contribution in [0.15, 0.2) is 36.5 Å². The lowest BCUT2D eigenvalue weighted by Crippen LogP contribution is -2.18. The minimum Gasteiger partial charge on any atom is -0.466 e. The number of allylic oxidation sites excluding steroid dienone is 6. The molecule has 0 aliphatic rings. The number of rotatable bonds is 18. The van der Waals surface area contributed by atoms with Crippen molar-refractivity contribution < 1.29 is 9.53 Å². The molecule has 2 nitrogen and oxygen atoms in total. The quantitative estimate of drug-likeness (QED) is 0.104. The van der Waals surface area contributed by atoms with Crippen LogP contribution in [0, 0.1) is 5.92 Å². The average molecular weight is 393 g/mol. The smallest absolute Gasteiger partial charge is 0.309 e. The maximum absolute atomic E-state index is 11.8. The van der Waals surface area contributed by atoms with Crippen LogP contribution >= 0.6 is 12.2 Å². The molecule has 3 heteroatoms. The first kappa shape index (κ1) is 25.8. The van der Waals surface area contributed by atoms with E-state index in [1.165, 1.54) is 38.5 Å². The molecule has 0 spiro atoms. The molecule has 0 heterocycles. The summed E-state index contributed by atoms with van der Waals surface area (Å²) in [7, 11) is 0. The number of hydrogen-bond donors (Lipinski definition) is 0. The Morgan fingerprint density at radius 2 is 1.44 bits per heavy atom. The first-order valence-corrected chi connectivity index (χ1v) is 11.3. The average Bonchev–Trinajstić information content (AvgIpc) is 2.67. The highest BCUT2D eigenvalue weighted by Crippen LogP contribution is 2.16. The van der Waals surface area contributed by atoms with Gasteiger partial charge in [0.05, 0.1) is 12.5 Å². The van der Waals surface area contributed by atoms with Crippen LogP contribution in [0.4, 0.5) is 0 Å². The summed E-state index contributed by atoms with van der Waals surface area (Å²) < 4.78 is 5.12. The third-order valence-electron chi connectivity index (χ3n) is 4.45. The zero-order chi connectivity index (χ0) is 20.0. The molecule has 0 rings (SSSR count). The summed E-state index contributed by atoms with van der Waals surface area (Å²) in [5, 5.41) is 1.66. The second-order valence-electron chi connectivity index (χ2n) is 6.84. The van der Waals surface area contributed by atoms with E-state index in [1.807, 2.05) is 6.92 Å². The van der Waals surface area contributed by atoms with Crippen LogP contribution in [-0.4, -0.2) is 17.9 Å². The normalized spacial score (nSPS) is 13.0. The van der Waals surface area contributed by atoms with E-state index in [0.717, 1.165) is 32.1 Å². The van der Waals surface area contributed by atoms with E-state index in [2.05, 4.69) is 43.4 Å². The summed E-state index contributed by atoms with van der Waals surface area (Å²) in [6.07, 6.45) is 26.8. The SMILES string of the molecule is CCC=CCC=CCC=CCCCCCCCCC(CC=S)C(=O)OCC. The molecule has 0 aromatic heterocycles. The van der Waals surface area contributed by atoms with Crippen molar-refractivity contribution in [2.45, 2.75) is 90.9 Å². The van der Waals surface area contributed by atoms with Gasteiger partial charge in [0.15, 0.2) is 0 Å². The highest BCUT2D eigenvalue weighted by molar-refractivity contribution is 7.78. The summed E-state index contributed by atoms with van der Waals surface area (Å²) in [5.41, 5.74) is 0. The summed E-state index contributed by atoms with van der Waals surface area (Å²) in [5.74, 6) is -0.123. The molecule has 0 radical (unpaired) electrons. The highest BCUT2D eigenvalue weighted by atomic mass is 32.1. The predicted octanol–water partition coefficient (Wildman–Crippen LogP) is 7.54. The predicted molar refractivity (Wildman–Crippen MR) is 122 cm³/mol. The lowest BCUT2D eigenvalue weighted by atomic mass is 9.98. The minimum absolute atomic E-state index is 0.0377. The van der Waals surface area contributed by atoms with Gasteiger partial charge in [-0.1, -0.05) is 87.7 Å². The summed E-state index contributed by atoms with van der Waals surface area (Å²) in [6, 6.07) is 0. The topological polar surface area (TPSA) is 26.3 Å². The van der Waals surface area contributed by atoms with Crippen LogP contribution in [0.2, 0.25) is 0 Å². The molecule has 0 bridgehead atoms. The van der Waals surface area contributed by atoms with Crippen LogP contribution in [0.5, 0.6) is 0 Å². The maximum Gasteiger partial charge on any atom is 0.309 e. The number of ether oxygens (including phenoxy) is 1. The molecule has 1 unspecified atom stereocenters. The molecule has 0 aliphatic carbocycles. The van der Waals surface area contributed by atoms with Crippen molar-refractivity contribution in [2.75, 3.05) is 6.61 Å². The molecular weight excluding hydrogens is 352 g/mol. The number of esters is 1. The fraction of sp³-hybridized carbons (Fsp3) is 0.667. The monoisotopic (exact) mass is 392 g/mol. The van der Waals surface area contributed by atoms with E-state index in [9.17, 15) is 4.79 Å². The number of unbranched alkanes of at least 4 members (excludes halogenated alkanes) is 6. The van der Waals surface area contributed by atoms with Gasteiger partial charge in [0.1, 0.15) is 0 Å². The van der Waals surface area contributed by atoms with Gasteiger partial charge in [-0.15, -0.1) is 0 Å². The molecule has 0 aromatic carbocycles. The number of carbonyl (C=O) groups is 1. The van der Waals surface area contributed by atoms with Gasteiger partial charge in [-0.25, -0.2) is 0 Å². The third-order valence-corrected chi connectivity index (χ3v) is 4.65. The van der Waals surface area contributed by atoms with Crippen LogP contribution in [0.3, 0.4) is 0 Å². The number of thiocarbonyl (C=S) groups is 1. The Hall–Kier alpha value is -1.22. The molecule has 27 heavy (non-hydrogen) atoms. The minimum atomic E-state index is -0.0855. The Balaban J connectivity index is 3.53. The van der Waals surface area contributed by atoms with E-state index < -0.39 is 0 Å². The Labute approximate surface area is 173 Å². The second-order valence-corrected chi connectivity index (χ2v) is 7.18. The van der Waals surface area contributed by atoms with Crippen molar-refractivity contribution in [3.05, 3.63) is 36.5 Å². The fourth-order valence-corrected chi connectivity index (χ4v) is 3.13. The Morgan fingerprint density at radius 1 is 0.852 bits per heavy atom. The van der Waals surface area contributed by atoms with Crippen molar-refractivity contribution in [3.8, 4) is 0 Å². The molecule has 0 N–H and O–H groups in total. The van der Waals surface area contributed by atoms with Crippen LogP contribution in [0.25, 0.3) is 0 Å². The van der Waals surface area contributed by atoms with E-state index in [1.54, 1.807) is 5.37 Å². The van der Waals surface area contributed by atoms with Gasteiger partial charge < -0.3 is 4.74 Å². The first-order chi connectivity index (χ1) is 13.3. The molecule has 0 aromatic rings. The molecule has 0 saturated heterocycles. The maximum atomic E-state index is 11.8. The zero-order valence-corrected chi connectivity index (χ0v) is 18.4. The van der Waals surface area contributed by atoms with Gasteiger partial charge in [-0.3, -0.25) is 4.79 Å². The molecule has 0 amide bonds. The summed E-state index contributed by atoms with van der Waals surface area (Å²) >= 11 is 4.90. The van der Waals surface area contributed by atoms with Crippen molar-refractivity contribution in [3.63, 3.8) is 0 Å².